The van der Waals surface area contributed by atoms with Crippen molar-refractivity contribution in [1.82, 2.24) is 9.55 Å². The van der Waals surface area contributed by atoms with E-state index in [1.54, 1.807) is 13.3 Å². The molecule has 1 aromatic carbocycles. The Kier molecular flexibility index (Phi) is 5.41. The first kappa shape index (κ1) is 15.9. The van der Waals surface area contributed by atoms with Crippen LogP contribution in [-0.4, -0.2) is 22.6 Å². The van der Waals surface area contributed by atoms with E-state index in [1.807, 2.05) is 30.5 Å². The second kappa shape index (κ2) is 7.49. The van der Waals surface area contributed by atoms with Gasteiger partial charge in [-0.15, -0.1) is 0 Å². The molecule has 0 bridgehead atoms. The van der Waals surface area contributed by atoms with Crippen molar-refractivity contribution in [1.29, 1.82) is 0 Å². The molecule has 0 unspecified atom stereocenters. The molecule has 22 heavy (non-hydrogen) atoms. The molecule has 0 radical (unpaired) electrons. The highest BCUT2D eigenvalue weighted by molar-refractivity contribution is 5.93. The number of nitrogens with zero attached hydrogens (tertiary/aromatic N) is 3. The van der Waals surface area contributed by atoms with Gasteiger partial charge in [0.15, 0.2) is 5.96 Å². The van der Waals surface area contributed by atoms with Gasteiger partial charge in [0.05, 0.1) is 12.8 Å². The van der Waals surface area contributed by atoms with Crippen LogP contribution < -0.4 is 15.8 Å². The van der Waals surface area contributed by atoms with Gasteiger partial charge in [-0.05, 0) is 18.1 Å². The number of benzene rings is 1. The van der Waals surface area contributed by atoms with Crippen LogP contribution in [0.4, 0.5) is 5.69 Å². The fourth-order valence-electron chi connectivity index (χ4n) is 2.13. The quantitative estimate of drug-likeness (QED) is 0.634. The van der Waals surface area contributed by atoms with Crippen molar-refractivity contribution in [3.05, 3.63) is 42.5 Å². The highest BCUT2D eigenvalue weighted by Crippen LogP contribution is 2.22. The van der Waals surface area contributed by atoms with Crippen molar-refractivity contribution in [2.75, 3.05) is 12.4 Å². The van der Waals surface area contributed by atoms with E-state index in [0.29, 0.717) is 18.4 Å². The lowest BCUT2D eigenvalue weighted by Crippen LogP contribution is -2.23. The number of hydrogen-bond acceptors (Lipinski definition) is 3. The zero-order chi connectivity index (χ0) is 15.9. The zero-order valence-electron chi connectivity index (χ0n) is 13.3. The van der Waals surface area contributed by atoms with Gasteiger partial charge in [0.1, 0.15) is 18.1 Å². The molecule has 1 heterocycles. The van der Waals surface area contributed by atoms with Gasteiger partial charge in [-0.25, -0.2) is 9.98 Å². The lowest BCUT2D eigenvalue weighted by molar-refractivity contribution is 0.417. The molecule has 6 heteroatoms. The van der Waals surface area contributed by atoms with Crippen LogP contribution in [0.2, 0.25) is 0 Å². The van der Waals surface area contributed by atoms with Gasteiger partial charge in [0.2, 0.25) is 0 Å². The van der Waals surface area contributed by atoms with Crippen LogP contribution in [0.1, 0.15) is 19.7 Å². The summed E-state index contributed by atoms with van der Waals surface area (Å²) >= 11 is 0. The molecular formula is C16H23N5O. The molecule has 3 N–H and O–H groups in total. The van der Waals surface area contributed by atoms with Crippen molar-refractivity contribution in [2.24, 2.45) is 16.6 Å². The molecule has 0 aliphatic rings. The van der Waals surface area contributed by atoms with E-state index in [2.05, 4.69) is 33.7 Å². The summed E-state index contributed by atoms with van der Waals surface area (Å²) in [5.41, 5.74) is 6.73. The Balaban J connectivity index is 2.03. The lowest BCUT2D eigenvalue weighted by Gasteiger charge is -2.11. The summed E-state index contributed by atoms with van der Waals surface area (Å²) in [6.45, 7) is 5.70. The molecule has 0 fully saturated rings. The average molecular weight is 301 g/mol. The first-order chi connectivity index (χ1) is 10.6. The van der Waals surface area contributed by atoms with Crippen LogP contribution in [0.15, 0.2) is 41.7 Å². The molecule has 2 aromatic rings. The Bertz CT molecular complexity index is 633. The monoisotopic (exact) mass is 301 g/mol. The van der Waals surface area contributed by atoms with E-state index in [0.717, 1.165) is 23.8 Å². The molecule has 118 valence electrons. The molecule has 0 atom stereocenters. The summed E-state index contributed by atoms with van der Waals surface area (Å²) in [4.78, 5) is 8.68. The number of hydrogen-bond donors (Lipinski definition) is 2. The summed E-state index contributed by atoms with van der Waals surface area (Å²) < 4.78 is 7.37. The summed E-state index contributed by atoms with van der Waals surface area (Å²) in [5.74, 6) is 2.52. The number of aliphatic imine (C=N–C) groups is 1. The maximum atomic E-state index is 5.94. The summed E-state index contributed by atoms with van der Waals surface area (Å²) in [6.07, 6.45) is 3.76. The lowest BCUT2D eigenvalue weighted by atomic mass is 10.2. The number of imidazole rings is 1. The molecule has 2 rings (SSSR count). The Hall–Kier alpha value is -2.50. The van der Waals surface area contributed by atoms with Gasteiger partial charge >= 0.3 is 0 Å². The predicted octanol–water partition coefficient (Wildman–Crippen LogP) is 2.47. The van der Waals surface area contributed by atoms with E-state index in [4.69, 9.17) is 10.5 Å². The summed E-state index contributed by atoms with van der Waals surface area (Å²) in [6, 6.07) is 7.57. The SMILES string of the molecule is COc1ccccc1NC(N)=NCc1nccn1CC(C)C. The molecule has 1 aromatic heterocycles. The van der Waals surface area contributed by atoms with Gasteiger partial charge in [0.25, 0.3) is 0 Å². The molecular weight excluding hydrogens is 278 g/mol. The molecule has 0 saturated heterocycles. The number of aromatic nitrogens is 2. The number of nitrogens with one attached hydrogen (secondary N) is 1. The number of methoxy groups -OCH3 is 1. The highest BCUT2D eigenvalue weighted by Gasteiger charge is 2.05. The van der Waals surface area contributed by atoms with E-state index in [-0.39, 0.29) is 0 Å². The van der Waals surface area contributed by atoms with E-state index < -0.39 is 0 Å². The van der Waals surface area contributed by atoms with Crippen molar-refractivity contribution >= 4 is 11.6 Å². The number of guanidine groups is 1. The Morgan fingerprint density at radius 1 is 1.41 bits per heavy atom. The van der Waals surface area contributed by atoms with Gasteiger partial charge in [-0.3, -0.25) is 0 Å². The van der Waals surface area contributed by atoms with Gasteiger partial charge < -0.3 is 20.4 Å². The number of rotatable bonds is 6. The molecule has 0 amide bonds. The number of ether oxygens (including phenoxy) is 1. The third-order valence-electron chi connectivity index (χ3n) is 3.12. The Labute approximate surface area is 131 Å². The smallest absolute Gasteiger partial charge is 0.193 e. The van der Waals surface area contributed by atoms with Crippen molar-refractivity contribution < 1.29 is 4.74 Å². The van der Waals surface area contributed by atoms with Crippen molar-refractivity contribution in [3.63, 3.8) is 0 Å². The first-order valence-electron chi connectivity index (χ1n) is 7.30. The zero-order valence-corrected chi connectivity index (χ0v) is 13.3. The average Bonchev–Trinajstić information content (AvgIpc) is 2.92. The number of nitrogens with two attached hydrogens (primary N) is 1. The molecule has 0 aliphatic heterocycles. The van der Waals surface area contributed by atoms with Gasteiger partial charge in [0, 0.05) is 18.9 Å². The third-order valence-corrected chi connectivity index (χ3v) is 3.12. The standard InChI is InChI=1S/C16H23N5O/c1-12(2)11-21-9-8-18-15(21)10-19-16(17)20-13-6-4-5-7-14(13)22-3/h4-9,12H,10-11H2,1-3H3,(H3,17,19,20). The minimum Gasteiger partial charge on any atom is -0.495 e. The predicted molar refractivity (Wildman–Crippen MR) is 89.0 cm³/mol. The van der Waals surface area contributed by atoms with Crippen LogP contribution in [0.25, 0.3) is 0 Å². The maximum absolute atomic E-state index is 5.94. The normalized spacial score (nSPS) is 11.7. The number of para-hydroxylation sites is 2. The van der Waals surface area contributed by atoms with Crippen LogP contribution in [-0.2, 0) is 13.1 Å². The maximum Gasteiger partial charge on any atom is 0.193 e. The van der Waals surface area contributed by atoms with E-state index in [1.165, 1.54) is 0 Å². The first-order valence-corrected chi connectivity index (χ1v) is 7.30. The minimum absolute atomic E-state index is 0.337. The van der Waals surface area contributed by atoms with Crippen LogP contribution in [0.3, 0.4) is 0 Å². The van der Waals surface area contributed by atoms with Crippen LogP contribution in [0, 0.1) is 5.92 Å². The Morgan fingerprint density at radius 2 is 2.18 bits per heavy atom. The molecule has 0 aliphatic carbocycles. The van der Waals surface area contributed by atoms with Crippen molar-refractivity contribution in [3.8, 4) is 5.75 Å². The minimum atomic E-state index is 0.337. The second-order valence-electron chi connectivity index (χ2n) is 5.42. The summed E-state index contributed by atoms with van der Waals surface area (Å²) in [7, 11) is 1.62. The topological polar surface area (TPSA) is 77.5 Å². The van der Waals surface area contributed by atoms with Gasteiger partial charge in [-0.2, -0.15) is 0 Å². The Morgan fingerprint density at radius 3 is 2.91 bits per heavy atom. The highest BCUT2D eigenvalue weighted by atomic mass is 16.5. The molecule has 0 saturated carbocycles. The molecule has 6 nitrogen and oxygen atoms in total. The third kappa shape index (κ3) is 4.25. The largest absolute Gasteiger partial charge is 0.495 e. The molecule has 0 spiro atoms. The van der Waals surface area contributed by atoms with Crippen molar-refractivity contribution in [2.45, 2.75) is 26.9 Å². The second-order valence-corrected chi connectivity index (χ2v) is 5.42. The number of anilines is 1. The van der Waals surface area contributed by atoms with E-state index in [9.17, 15) is 0 Å². The van der Waals surface area contributed by atoms with Gasteiger partial charge in [-0.1, -0.05) is 26.0 Å². The summed E-state index contributed by atoms with van der Waals surface area (Å²) in [5, 5.41) is 3.05. The van der Waals surface area contributed by atoms with Crippen LogP contribution in [0.5, 0.6) is 5.75 Å². The van der Waals surface area contributed by atoms with Crippen LogP contribution >= 0.6 is 0 Å². The fraction of sp³-hybridized carbons (Fsp3) is 0.375. The van der Waals surface area contributed by atoms with E-state index >= 15 is 0 Å². The fourth-order valence-corrected chi connectivity index (χ4v) is 2.13.